The first-order chi connectivity index (χ1) is 8.42. The van der Waals surface area contributed by atoms with Crippen molar-refractivity contribution in [2.45, 2.75) is 6.42 Å². The van der Waals surface area contributed by atoms with Crippen LogP contribution in [0.2, 0.25) is 0 Å². The van der Waals surface area contributed by atoms with Gasteiger partial charge in [0.05, 0.1) is 17.9 Å². The zero-order chi connectivity index (χ0) is 11.5. The summed E-state index contributed by atoms with van der Waals surface area (Å²) in [6.07, 6.45) is 0.919. The molecule has 17 heavy (non-hydrogen) atoms. The van der Waals surface area contributed by atoms with Gasteiger partial charge in [0.25, 0.3) is 0 Å². The van der Waals surface area contributed by atoms with Gasteiger partial charge in [-0.2, -0.15) is 0 Å². The predicted molar refractivity (Wildman–Crippen MR) is 72.2 cm³/mol. The topological polar surface area (TPSA) is 24.4 Å². The van der Waals surface area contributed by atoms with Crippen molar-refractivity contribution >= 4 is 17.1 Å². The molecule has 0 unspecified atom stereocenters. The van der Waals surface area contributed by atoms with Crippen LogP contribution in [0.3, 0.4) is 0 Å². The second kappa shape index (κ2) is 4.42. The molecule has 0 radical (unpaired) electrons. The fourth-order valence-electron chi connectivity index (χ4n) is 2.06. The number of anilines is 1. The Labute approximate surface area is 101 Å². The number of hydrogen-bond acceptors (Lipinski definition) is 2. The van der Waals surface area contributed by atoms with Crippen LogP contribution in [-0.4, -0.2) is 12.3 Å². The van der Waals surface area contributed by atoms with Crippen LogP contribution in [0.15, 0.2) is 59.6 Å². The number of benzene rings is 2. The fraction of sp³-hybridized carbons (Fsp3) is 0.133. The predicted octanol–water partition coefficient (Wildman–Crippen LogP) is 3.43. The number of nitrogens with one attached hydrogen (secondary N) is 1. The number of para-hydroxylation sites is 2. The largest absolute Gasteiger partial charge is 0.378 e. The van der Waals surface area contributed by atoms with Gasteiger partial charge in [0.2, 0.25) is 0 Å². The molecule has 2 aromatic rings. The molecule has 0 saturated heterocycles. The maximum atomic E-state index is 4.69. The molecule has 3 rings (SSSR count). The molecule has 84 valence electrons. The minimum absolute atomic E-state index is 0.839. The molecule has 0 spiro atoms. The number of fused-ring (bicyclic) bond motifs is 1. The first-order valence-corrected chi connectivity index (χ1v) is 5.85. The zero-order valence-electron chi connectivity index (χ0n) is 9.56. The molecule has 1 aliphatic heterocycles. The Kier molecular flexibility index (Phi) is 2.62. The Balaban J connectivity index is 1.85. The van der Waals surface area contributed by atoms with Crippen LogP contribution in [-0.2, 0) is 6.42 Å². The van der Waals surface area contributed by atoms with Crippen LogP contribution in [0.25, 0.3) is 0 Å². The Bertz CT molecular complexity index is 544. The molecule has 0 fully saturated rings. The van der Waals surface area contributed by atoms with E-state index in [4.69, 9.17) is 4.99 Å². The standard InChI is InChI=1S/C15H14N2/c1-2-6-12(7-3-1)10-13-11-16-14-8-4-5-9-15(14)17-13/h1-9,16H,10-11H2. The van der Waals surface area contributed by atoms with Gasteiger partial charge in [0.15, 0.2) is 0 Å². The molecule has 1 aliphatic rings. The van der Waals surface area contributed by atoms with Crippen molar-refractivity contribution in [2.24, 2.45) is 4.99 Å². The molecular weight excluding hydrogens is 208 g/mol. The summed E-state index contributed by atoms with van der Waals surface area (Å²) >= 11 is 0. The lowest BCUT2D eigenvalue weighted by Crippen LogP contribution is -2.19. The van der Waals surface area contributed by atoms with Crippen LogP contribution < -0.4 is 5.32 Å². The van der Waals surface area contributed by atoms with E-state index in [1.54, 1.807) is 0 Å². The maximum Gasteiger partial charge on any atom is 0.0861 e. The quantitative estimate of drug-likeness (QED) is 0.827. The van der Waals surface area contributed by atoms with Crippen LogP contribution in [0.1, 0.15) is 5.56 Å². The summed E-state index contributed by atoms with van der Waals surface area (Å²) in [4.78, 5) is 4.69. The first-order valence-electron chi connectivity index (χ1n) is 5.85. The van der Waals surface area contributed by atoms with E-state index < -0.39 is 0 Å². The monoisotopic (exact) mass is 222 g/mol. The lowest BCUT2D eigenvalue weighted by molar-refractivity contribution is 1.20. The van der Waals surface area contributed by atoms with Crippen molar-refractivity contribution in [1.29, 1.82) is 0 Å². The van der Waals surface area contributed by atoms with E-state index in [0.717, 1.165) is 24.3 Å². The third kappa shape index (κ3) is 2.21. The van der Waals surface area contributed by atoms with E-state index in [0.29, 0.717) is 0 Å². The second-order valence-electron chi connectivity index (χ2n) is 4.21. The average Bonchev–Trinajstić information content (AvgIpc) is 2.40. The molecule has 2 nitrogen and oxygen atoms in total. The summed E-state index contributed by atoms with van der Waals surface area (Å²) in [5, 5.41) is 3.40. The van der Waals surface area contributed by atoms with Crippen LogP contribution >= 0.6 is 0 Å². The Morgan fingerprint density at radius 3 is 2.59 bits per heavy atom. The first kappa shape index (κ1) is 10.1. The zero-order valence-corrected chi connectivity index (χ0v) is 9.56. The van der Waals surface area contributed by atoms with E-state index in [9.17, 15) is 0 Å². The maximum absolute atomic E-state index is 4.69. The van der Waals surface area contributed by atoms with Gasteiger partial charge in [0.1, 0.15) is 0 Å². The van der Waals surface area contributed by atoms with E-state index in [1.165, 1.54) is 11.3 Å². The van der Waals surface area contributed by atoms with Crippen molar-refractivity contribution in [3.8, 4) is 0 Å². The molecule has 1 N–H and O–H groups in total. The number of nitrogens with zero attached hydrogens (tertiary/aromatic N) is 1. The summed E-state index contributed by atoms with van der Waals surface area (Å²) in [5.41, 5.74) is 4.68. The Morgan fingerprint density at radius 2 is 1.71 bits per heavy atom. The van der Waals surface area contributed by atoms with Crippen LogP contribution in [0.5, 0.6) is 0 Å². The number of hydrogen-bond donors (Lipinski definition) is 1. The van der Waals surface area contributed by atoms with Gasteiger partial charge in [-0.15, -0.1) is 0 Å². The minimum atomic E-state index is 0.839. The smallest absolute Gasteiger partial charge is 0.0861 e. The van der Waals surface area contributed by atoms with Gasteiger partial charge in [-0.25, -0.2) is 0 Å². The lowest BCUT2D eigenvalue weighted by atomic mass is 10.1. The van der Waals surface area contributed by atoms with Crippen molar-refractivity contribution in [2.75, 3.05) is 11.9 Å². The van der Waals surface area contributed by atoms with E-state index in [-0.39, 0.29) is 0 Å². The molecule has 0 atom stereocenters. The summed E-state index contributed by atoms with van der Waals surface area (Å²) in [6, 6.07) is 18.6. The molecule has 2 aromatic carbocycles. The minimum Gasteiger partial charge on any atom is -0.378 e. The Hall–Kier alpha value is -2.09. The third-order valence-electron chi connectivity index (χ3n) is 2.92. The SMILES string of the molecule is c1ccc(CC2=Nc3ccccc3NC2)cc1. The third-order valence-corrected chi connectivity index (χ3v) is 2.92. The van der Waals surface area contributed by atoms with Gasteiger partial charge in [0, 0.05) is 12.1 Å². The van der Waals surface area contributed by atoms with Gasteiger partial charge in [-0.3, -0.25) is 4.99 Å². The summed E-state index contributed by atoms with van der Waals surface area (Å²) in [6.45, 7) is 0.839. The van der Waals surface area contributed by atoms with Crippen LogP contribution in [0.4, 0.5) is 11.4 Å². The van der Waals surface area contributed by atoms with Gasteiger partial charge in [-0.1, -0.05) is 42.5 Å². The average molecular weight is 222 g/mol. The van der Waals surface area contributed by atoms with Crippen LogP contribution in [0, 0.1) is 0 Å². The molecule has 0 aromatic heterocycles. The Morgan fingerprint density at radius 1 is 0.941 bits per heavy atom. The fourth-order valence-corrected chi connectivity index (χ4v) is 2.06. The van der Waals surface area contributed by atoms with E-state index in [1.807, 2.05) is 24.3 Å². The summed E-state index contributed by atoms with van der Waals surface area (Å²) < 4.78 is 0. The highest BCUT2D eigenvalue weighted by molar-refractivity contribution is 5.96. The van der Waals surface area contributed by atoms with Crippen molar-refractivity contribution in [3.63, 3.8) is 0 Å². The number of aliphatic imine (C=N–C) groups is 1. The van der Waals surface area contributed by atoms with Gasteiger partial charge in [-0.05, 0) is 17.7 Å². The highest BCUT2D eigenvalue weighted by Crippen LogP contribution is 2.27. The summed E-state index contributed by atoms with van der Waals surface area (Å²) in [7, 11) is 0. The molecule has 1 heterocycles. The molecule has 0 aliphatic carbocycles. The molecular formula is C15H14N2. The molecule has 0 amide bonds. The molecule has 0 saturated carbocycles. The lowest BCUT2D eigenvalue weighted by Gasteiger charge is -2.17. The van der Waals surface area contributed by atoms with Gasteiger partial charge < -0.3 is 5.32 Å². The second-order valence-corrected chi connectivity index (χ2v) is 4.21. The van der Waals surface area contributed by atoms with E-state index in [2.05, 4.69) is 35.6 Å². The molecule has 0 bridgehead atoms. The van der Waals surface area contributed by atoms with Crippen molar-refractivity contribution in [3.05, 3.63) is 60.2 Å². The highest BCUT2D eigenvalue weighted by atomic mass is 15.0. The van der Waals surface area contributed by atoms with Gasteiger partial charge >= 0.3 is 0 Å². The van der Waals surface area contributed by atoms with Crippen molar-refractivity contribution in [1.82, 2.24) is 0 Å². The van der Waals surface area contributed by atoms with E-state index >= 15 is 0 Å². The highest BCUT2D eigenvalue weighted by Gasteiger charge is 2.10. The normalized spacial score (nSPS) is 13.5. The van der Waals surface area contributed by atoms with Crippen molar-refractivity contribution < 1.29 is 0 Å². The molecule has 2 heteroatoms. The number of rotatable bonds is 2. The summed E-state index contributed by atoms with van der Waals surface area (Å²) in [5.74, 6) is 0.